The number of hydrogen-bond acceptors (Lipinski definition) is 4. The molecule has 5 heteroatoms. The lowest BCUT2D eigenvalue weighted by molar-refractivity contribution is 0.196. The molecule has 0 amide bonds. The maximum absolute atomic E-state index is 5.77. The number of pyridine rings is 1. The second-order valence-electron chi connectivity index (χ2n) is 7.06. The summed E-state index contributed by atoms with van der Waals surface area (Å²) in [6.07, 6.45) is 5.47. The number of fused-ring (bicyclic) bond motifs is 1. The van der Waals surface area contributed by atoms with Crippen LogP contribution in [0.1, 0.15) is 43.5 Å². The van der Waals surface area contributed by atoms with Gasteiger partial charge in [-0.1, -0.05) is 25.1 Å². The molecule has 1 aliphatic heterocycles. The van der Waals surface area contributed by atoms with Gasteiger partial charge in [0.15, 0.2) is 5.65 Å². The van der Waals surface area contributed by atoms with Crippen molar-refractivity contribution in [2.45, 2.75) is 38.6 Å². The second kappa shape index (κ2) is 7.87. The van der Waals surface area contributed by atoms with Gasteiger partial charge in [-0.3, -0.25) is 9.30 Å². The molecule has 1 aromatic carbocycles. The van der Waals surface area contributed by atoms with Gasteiger partial charge in [0.25, 0.3) is 0 Å². The molecule has 26 heavy (non-hydrogen) atoms. The van der Waals surface area contributed by atoms with Crippen LogP contribution in [0.2, 0.25) is 0 Å². The molecule has 1 unspecified atom stereocenters. The zero-order valence-electron chi connectivity index (χ0n) is 15.3. The van der Waals surface area contributed by atoms with Gasteiger partial charge in [-0.2, -0.15) is 0 Å². The fourth-order valence-corrected chi connectivity index (χ4v) is 3.76. The average Bonchev–Trinajstić information content (AvgIpc) is 3.11. The molecular weight excluding hydrogens is 324 g/mol. The topological polar surface area (TPSA) is 42.7 Å². The second-order valence-corrected chi connectivity index (χ2v) is 7.06. The molecule has 0 spiro atoms. The van der Waals surface area contributed by atoms with E-state index in [0.717, 1.165) is 49.9 Å². The Hall–Kier alpha value is -2.40. The number of nitrogens with zero attached hydrogens (tertiary/aromatic N) is 4. The summed E-state index contributed by atoms with van der Waals surface area (Å²) in [5, 5.41) is 8.80. The first kappa shape index (κ1) is 17.0. The Balaban J connectivity index is 1.45. The van der Waals surface area contributed by atoms with Gasteiger partial charge in [-0.05, 0) is 55.6 Å². The van der Waals surface area contributed by atoms with Crippen molar-refractivity contribution in [1.29, 1.82) is 0 Å². The van der Waals surface area contributed by atoms with Crippen LogP contribution in [0.4, 0.5) is 0 Å². The molecule has 1 fully saturated rings. The van der Waals surface area contributed by atoms with Gasteiger partial charge >= 0.3 is 0 Å². The van der Waals surface area contributed by atoms with Crippen molar-refractivity contribution < 1.29 is 4.74 Å². The van der Waals surface area contributed by atoms with Crippen molar-refractivity contribution in [2.75, 3.05) is 19.7 Å². The third-order valence-corrected chi connectivity index (χ3v) is 4.99. The number of piperidine rings is 1. The summed E-state index contributed by atoms with van der Waals surface area (Å²) in [6, 6.07) is 14.6. The van der Waals surface area contributed by atoms with Crippen molar-refractivity contribution in [3.63, 3.8) is 0 Å². The van der Waals surface area contributed by atoms with Crippen LogP contribution in [0.3, 0.4) is 0 Å². The van der Waals surface area contributed by atoms with Crippen LogP contribution in [0.25, 0.3) is 5.65 Å². The first-order chi connectivity index (χ1) is 12.8. The molecule has 3 aromatic rings. The highest BCUT2D eigenvalue weighted by molar-refractivity contribution is 5.37. The van der Waals surface area contributed by atoms with Crippen molar-refractivity contribution >= 4 is 5.65 Å². The van der Waals surface area contributed by atoms with Gasteiger partial charge in [0.2, 0.25) is 0 Å². The minimum atomic E-state index is 0.431. The molecule has 0 N–H and O–H groups in total. The van der Waals surface area contributed by atoms with E-state index in [1.807, 2.05) is 24.3 Å². The smallest absolute Gasteiger partial charge is 0.160 e. The van der Waals surface area contributed by atoms with Crippen LogP contribution in [-0.4, -0.2) is 39.2 Å². The van der Waals surface area contributed by atoms with E-state index in [0.29, 0.717) is 5.92 Å². The predicted octanol–water partition coefficient (Wildman–Crippen LogP) is 3.90. The summed E-state index contributed by atoms with van der Waals surface area (Å²) in [7, 11) is 0. The van der Waals surface area contributed by atoms with E-state index >= 15 is 0 Å². The fraction of sp³-hybridized carbons (Fsp3) is 0.429. The minimum Gasteiger partial charge on any atom is -0.494 e. The Bertz CT molecular complexity index is 860. The van der Waals surface area contributed by atoms with Crippen molar-refractivity contribution in [1.82, 2.24) is 19.5 Å². The van der Waals surface area contributed by atoms with E-state index in [2.05, 4.69) is 50.8 Å². The first-order valence-corrected chi connectivity index (χ1v) is 9.57. The molecular formula is C21H26N4O. The van der Waals surface area contributed by atoms with Gasteiger partial charge < -0.3 is 4.74 Å². The molecule has 0 saturated carbocycles. The highest BCUT2D eigenvalue weighted by Crippen LogP contribution is 2.27. The fourth-order valence-electron chi connectivity index (χ4n) is 3.76. The number of benzene rings is 1. The summed E-state index contributed by atoms with van der Waals surface area (Å²) >= 11 is 0. The zero-order valence-corrected chi connectivity index (χ0v) is 15.3. The maximum atomic E-state index is 5.77. The van der Waals surface area contributed by atoms with Crippen LogP contribution in [0.5, 0.6) is 5.75 Å². The summed E-state index contributed by atoms with van der Waals surface area (Å²) in [4.78, 5) is 2.52. The summed E-state index contributed by atoms with van der Waals surface area (Å²) in [5.74, 6) is 2.49. The largest absolute Gasteiger partial charge is 0.494 e. The van der Waals surface area contributed by atoms with Crippen molar-refractivity contribution in [3.8, 4) is 5.75 Å². The van der Waals surface area contributed by atoms with Gasteiger partial charge in [0.05, 0.1) is 6.61 Å². The Kier molecular flexibility index (Phi) is 5.16. The Morgan fingerprint density at radius 2 is 2.12 bits per heavy atom. The zero-order chi connectivity index (χ0) is 17.8. The highest BCUT2D eigenvalue weighted by Gasteiger charge is 2.25. The number of likely N-dealkylation sites (tertiary alicyclic amines) is 1. The van der Waals surface area contributed by atoms with Crippen molar-refractivity contribution in [3.05, 3.63) is 60.0 Å². The number of hydrogen-bond donors (Lipinski definition) is 0. The summed E-state index contributed by atoms with van der Waals surface area (Å²) < 4.78 is 7.91. The van der Waals surface area contributed by atoms with Crippen LogP contribution in [0, 0.1) is 0 Å². The lowest BCUT2D eigenvalue weighted by Crippen LogP contribution is -2.34. The van der Waals surface area contributed by atoms with E-state index < -0.39 is 0 Å². The lowest BCUT2D eigenvalue weighted by Gasteiger charge is -2.32. The third-order valence-electron chi connectivity index (χ3n) is 4.99. The van der Waals surface area contributed by atoms with Crippen molar-refractivity contribution in [2.24, 2.45) is 0 Å². The molecule has 0 radical (unpaired) electrons. The number of aromatic nitrogens is 3. The van der Waals surface area contributed by atoms with Gasteiger partial charge in [-0.15, -0.1) is 10.2 Å². The lowest BCUT2D eigenvalue weighted by atomic mass is 9.96. The normalized spacial score (nSPS) is 18.3. The summed E-state index contributed by atoms with van der Waals surface area (Å²) in [6.45, 7) is 6.01. The van der Waals surface area contributed by atoms with Gasteiger partial charge in [0, 0.05) is 25.2 Å². The van der Waals surface area contributed by atoms with E-state index in [1.165, 1.54) is 18.4 Å². The highest BCUT2D eigenvalue weighted by atomic mass is 16.5. The molecule has 0 bridgehead atoms. The molecule has 1 aliphatic rings. The molecule has 2 aromatic heterocycles. The molecule has 136 valence electrons. The summed E-state index contributed by atoms with van der Waals surface area (Å²) in [5.41, 5.74) is 2.24. The predicted molar refractivity (Wildman–Crippen MR) is 102 cm³/mol. The SMILES string of the molecule is CCCOc1cccc(CN2CCCC(c3nnc4ccccn34)C2)c1. The van der Waals surface area contributed by atoms with Crippen LogP contribution in [0.15, 0.2) is 48.7 Å². The number of ether oxygens (including phenoxy) is 1. The molecule has 3 heterocycles. The van der Waals surface area contributed by atoms with E-state index in [1.54, 1.807) is 0 Å². The Labute approximate surface area is 154 Å². The molecule has 5 nitrogen and oxygen atoms in total. The van der Waals surface area contributed by atoms with Crippen LogP contribution >= 0.6 is 0 Å². The van der Waals surface area contributed by atoms with E-state index in [9.17, 15) is 0 Å². The third kappa shape index (κ3) is 3.73. The molecule has 1 saturated heterocycles. The van der Waals surface area contributed by atoms with E-state index in [-0.39, 0.29) is 0 Å². The number of rotatable bonds is 6. The van der Waals surface area contributed by atoms with E-state index in [4.69, 9.17) is 4.74 Å². The maximum Gasteiger partial charge on any atom is 0.160 e. The Morgan fingerprint density at radius 1 is 1.15 bits per heavy atom. The quantitative estimate of drug-likeness (QED) is 0.676. The minimum absolute atomic E-state index is 0.431. The monoisotopic (exact) mass is 350 g/mol. The standard InChI is InChI=1S/C21H26N4O/c1-2-13-26-19-9-5-7-17(14-19)15-24-11-6-8-18(16-24)21-23-22-20-10-3-4-12-25(20)21/h3-5,7,9-10,12,14,18H,2,6,8,11,13,15-16H2,1H3. The molecule has 4 rings (SSSR count). The first-order valence-electron chi connectivity index (χ1n) is 9.57. The molecule has 0 aliphatic carbocycles. The average molecular weight is 350 g/mol. The molecule has 1 atom stereocenters. The van der Waals surface area contributed by atoms with Gasteiger partial charge in [0.1, 0.15) is 11.6 Å². The van der Waals surface area contributed by atoms with Crippen LogP contribution < -0.4 is 4.74 Å². The Morgan fingerprint density at radius 3 is 3.04 bits per heavy atom. The van der Waals surface area contributed by atoms with Gasteiger partial charge in [-0.25, -0.2) is 0 Å². The van der Waals surface area contributed by atoms with Crippen LogP contribution in [-0.2, 0) is 6.54 Å².